The molecule has 0 amide bonds. The van der Waals surface area contributed by atoms with Crippen LogP contribution in [0.5, 0.6) is 0 Å². The topological polar surface area (TPSA) is 78.9 Å². The van der Waals surface area contributed by atoms with Crippen molar-refractivity contribution in [2.24, 2.45) is 0 Å². The van der Waals surface area contributed by atoms with Gasteiger partial charge in [-0.1, -0.05) is 306 Å². The summed E-state index contributed by atoms with van der Waals surface area (Å²) in [5, 5.41) is 0. The molecule has 0 aliphatic rings. The van der Waals surface area contributed by atoms with Crippen LogP contribution in [0.1, 0.15) is 348 Å². The fourth-order valence-corrected chi connectivity index (χ4v) is 9.79. The van der Waals surface area contributed by atoms with Gasteiger partial charge in [0.15, 0.2) is 6.10 Å². The maximum atomic E-state index is 12.9. The fraction of sp³-hybridized carbons (Fsp3) is 0.814. The van der Waals surface area contributed by atoms with Gasteiger partial charge >= 0.3 is 17.9 Å². The Bertz CT molecular complexity index is 1360. The maximum Gasteiger partial charge on any atom is 0.306 e. The van der Waals surface area contributed by atoms with Crippen LogP contribution in [0.3, 0.4) is 0 Å². The molecule has 0 fully saturated rings. The lowest BCUT2D eigenvalue weighted by atomic mass is 10.0. The first kappa shape index (κ1) is 73.1. The molecular weight excluding hydrogens is 937 g/mol. The Kier molecular flexibility index (Phi) is 62.2. The zero-order chi connectivity index (χ0) is 55.0. The van der Waals surface area contributed by atoms with Crippen molar-refractivity contribution in [3.05, 3.63) is 60.8 Å². The van der Waals surface area contributed by atoms with Gasteiger partial charge in [0.25, 0.3) is 0 Å². The Morgan fingerprint density at radius 1 is 0.276 bits per heavy atom. The van der Waals surface area contributed by atoms with Gasteiger partial charge in [-0.05, 0) is 83.5 Å². The SMILES string of the molecule is CC/C=C\C/C=C\C/C=C\CCCCCCCC(=O)OCC(COC(=O)CCCCCCCCCCCCCCCCCCCCCCCCCCCCC)OC(=O)CCCCCCC/C=C\C/C=C\CCCCCC. The Labute approximate surface area is 472 Å². The second kappa shape index (κ2) is 64.6. The van der Waals surface area contributed by atoms with Crippen molar-refractivity contribution >= 4 is 17.9 Å². The van der Waals surface area contributed by atoms with Gasteiger partial charge in [-0.15, -0.1) is 0 Å². The molecule has 0 bridgehead atoms. The lowest BCUT2D eigenvalue weighted by Crippen LogP contribution is -2.30. The predicted molar refractivity (Wildman–Crippen MR) is 330 cm³/mol. The van der Waals surface area contributed by atoms with Gasteiger partial charge < -0.3 is 14.2 Å². The van der Waals surface area contributed by atoms with Crippen molar-refractivity contribution in [1.29, 1.82) is 0 Å². The number of esters is 3. The first-order valence-corrected chi connectivity index (χ1v) is 33.3. The Morgan fingerprint density at radius 3 is 0.816 bits per heavy atom. The van der Waals surface area contributed by atoms with Crippen LogP contribution in [-0.2, 0) is 28.6 Å². The summed E-state index contributed by atoms with van der Waals surface area (Å²) in [7, 11) is 0. The first-order valence-electron chi connectivity index (χ1n) is 33.3. The van der Waals surface area contributed by atoms with E-state index in [1.165, 1.54) is 186 Å². The van der Waals surface area contributed by atoms with E-state index >= 15 is 0 Å². The highest BCUT2D eigenvalue weighted by atomic mass is 16.6. The summed E-state index contributed by atoms with van der Waals surface area (Å²) >= 11 is 0. The average Bonchev–Trinajstić information content (AvgIpc) is 3.42. The summed E-state index contributed by atoms with van der Waals surface area (Å²) in [6.07, 6.45) is 82.5. The van der Waals surface area contributed by atoms with Gasteiger partial charge in [0.05, 0.1) is 0 Å². The molecule has 6 heteroatoms. The molecule has 0 aromatic rings. The smallest absolute Gasteiger partial charge is 0.306 e. The van der Waals surface area contributed by atoms with Crippen LogP contribution < -0.4 is 0 Å². The quantitative estimate of drug-likeness (QED) is 0.0261. The zero-order valence-corrected chi connectivity index (χ0v) is 50.8. The van der Waals surface area contributed by atoms with Gasteiger partial charge in [0.1, 0.15) is 13.2 Å². The fourth-order valence-electron chi connectivity index (χ4n) is 9.79. The molecule has 0 saturated heterocycles. The van der Waals surface area contributed by atoms with Crippen molar-refractivity contribution < 1.29 is 28.6 Å². The second-order valence-corrected chi connectivity index (χ2v) is 22.4. The number of hydrogen-bond acceptors (Lipinski definition) is 6. The van der Waals surface area contributed by atoms with E-state index in [2.05, 4.69) is 81.5 Å². The van der Waals surface area contributed by atoms with E-state index in [0.29, 0.717) is 19.3 Å². The molecule has 76 heavy (non-hydrogen) atoms. The van der Waals surface area contributed by atoms with Crippen LogP contribution >= 0.6 is 0 Å². The molecule has 0 aliphatic heterocycles. The third-order valence-electron chi connectivity index (χ3n) is 14.8. The monoisotopic (exact) mass is 1060 g/mol. The van der Waals surface area contributed by atoms with E-state index in [9.17, 15) is 14.4 Å². The molecule has 0 rings (SSSR count). The molecular formula is C70H126O6. The average molecular weight is 1060 g/mol. The standard InChI is InChI=1S/C70H126O6/c1-4-7-10-13-16-19-22-25-28-30-31-32-33-34-35-36-37-38-39-40-43-45-48-51-54-57-60-63-69(72)75-66-67(65-74-68(71)62-59-56-53-50-47-44-41-27-24-21-18-15-12-9-6-3)76-70(73)64-61-58-55-52-49-46-42-29-26-23-20-17-14-11-8-5-2/h9,12,18,20-21,23,27,29,41-42,67H,4-8,10-11,13-17,19,22,24-26,28,30-40,43-66H2,1-3H3/b12-9-,21-18-,23-20-,41-27-,42-29-. The minimum absolute atomic E-state index is 0.0827. The summed E-state index contributed by atoms with van der Waals surface area (Å²) in [6.45, 7) is 6.54. The van der Waals surface area contributed by atoms with Gasteiger partial charge in [-0.25, -0.2) is 0 Å². The molecule has 0 heterocycles. The highest BCUT2D eigenvalue weighted by molar-refractivity contribution is 5.71. The Balaban J connectivity index is 4.25. The molecule has 0 N–H and O–H groups in total. The van der Waals surface area contributed by atoms with Crippen LogP contribution in [0, 0.1) is 0 Å². The van der Waals surface area contributed by atoms with Gasteiger partial charge in [-0.2, -0.15) is 0 Å². The van der Waals surface area contributed by atoms with Crippen LogP contribution in [-0.4, -0.2) is 37.2 Å². The molecule has 0 spiro atoms. The number of ether oxygens (including phenoxy) is 3. The maximum absolute atomic E-state index is 12.9. The van der Waals surface area contributed by atoms with Crippen LogP contribution in [0.2, 0.25) is 0 Å². The summed E-state index contributed by atoms with van der Waals surface area (Å²) < 4.78 is 16.9. The van der Waals surface area contributed by atoms with Crippen LogP contribution in [0.15, 0.2) is 60.8 Å². The number of allylic oxidation sites excluding steroid dienone is 10. The third kappa shape index (κ3) is 62.0. The van der Waals surface area contributed by atoms with Crippen molar-refractivity contribution in [1.82, 2.24) is 0 Å². The normalized spacial score (nSPS) is 12.4. The second-order valence-electron chi connectivity index (χ2n) is 22.4. The minimum Gasteiger partial charge on any atom is -0.462 e. The van der Waals surface area contributed by atoms with Crippen molar-refractivity contribution in [2.75, 3.05) is 13.2 Å². The minimum atomic E-state index is -0.789. The molecule has 0 aliphatic carbocycles. The van der Waals surface area contributed by atoms with E-state index in [0.717, 1.165) is 122 Å². The van der Waals surface area contributed by atoms with E-state index in [4.69, 9.17) is 14.2 Å². The third-order valence-corrected chi connectivity index (χ3v) is 14.8. The van der Waals surface area contributed by atoms with E-state index in [1.807, 2.05) is 0 Å². The molecule has 0 radical (unpaired) electrons. The first-order chi connectivity index (χ1) is 37.5. The number of unbranched alkanes of at least 4 members (excludes halogenated alkanes) is 40. The predicted octanol–water partition coefficient (Wildman–Crippen LogP) is 22.7. The molecule has 1 unspecified atom stereocenters. The largest absolute Gasteiger partial charge is 0.462 e. The molecule has 442 valence electrons. The van der Waals surface area contributed by atoms with Crippen molar-refractivity contribution in [2.45, 2.75) is 354 Å². The highest BCUT2D eigenvalue weighted by Gasteiger charge is 2.19. The molecule has 0 aromatic carbocycles. The van der Waals surface area contributed by atoms with Gasteiger partial charge in [0.2, 0.25) is 0 Å². The number of hydrogen-bond donors (Lipinski definition) is 0. The van der Waals surface area contributed by atoms with Crippen LogP contribution in [0.4, 0.5) is 0 Å². The molecule has 1 atom stereocenters. The van der Waals surface area contributed by atoms with Crippen LogP contribution in [0.25, 0.3) is 0 Å². The molecule has 6 nitrogen and oxygen atoms in total. The number of carbonyl (C=O) groups excluding carboxylic acids is 3. The molecule has 0 aromatic heterocycles. The number of carbonyl (C=O) groups is 3. The van der Waals surface area contributed by atoms with E-state index in [-0.39, 0.29) is 31.1 Å². The lowest BCUT2D eigenvalue weighted by molar-refractivity contribution is -0.167. The highest BCUT2D eigenvalue weighted by Crippen LogP contribution is 2.18. The Hall–Kier alpha value is -2.89. The lowest BCUT2D eigenvalue weighted by Gasteiger charge is -2.18. The van der Waals surface area contributed by atoms with Crippen molar-refractivity contribution in [3.63, 3.8) is 0 Å². The summed E-state index contributed by atoms with van der Waals surface area (Å²) in [4.78, 5) is 38.3. The van der Waals surface area contributed by atoms with Crippen molar-refractivity contribution in [3.8, 4) is 0 Å². The van der Waals surface area contributed by atoms with Gasteiger partial charge in [0, 0.05) is 19.3 Å². The summed E-state index contributed by atoms with van der Waals surface area (Å²) in [5.74, 6) is -0.896. The Morgan fingerprint density at radius 2 is 0.513 bits per heavy atom. The zero-order valence-electron chi connectivity index (χ0n) is 50.8. The molecule has 0 saturated carbocycles. The summed E-state index contributed by atoms with van der Waals surface area (Å²) in [6, 6.07) is 0. The van der Waals surface area contributed by atoms with Gasteiger partial charge in [-0.3, -0.25) is 14.4 Å². The summed E-state index contributed by atoms with van der Waals surface area (Å²) in [5.41, 5.74) is 0. The number of rotatable bonds is 61. The van der Waals surface area contributed by atoms with E-state index < -0.39 is 6.10 Å². The van der Waals surface area contributed by atoms with E-state index in [1.54, 1.807) is 0 Å².